The van der Waals surface area contributed by atoms with Crippen molar-refractivity contribution < 1.29 is 19.0 Å². The van der Waals surface area contributed by atoms with Gasteiger partial charge in [-0.2, -0.15) is 0 Å². The van der Waals surface area contributed by atoms with Crippen LogP contribution >= 0.6 is 11.3 Å². The quantitative estimate of drug-likeness (QED) is 0.934. The number of carbonyl (C=O) groups is 1. The normalized spacial score (nSPS) is 10.5. The highest BCUT2D eigenvalue weighted by Crippen LogP contribution is 2.31. The van der Waals surface area contributed by atoms with Gasteiger partial charge in [-0.05, 0) is 24.6 Å². The number of aromatic nitrogens is 1. The van der Waals surface area contributed by atoms with E-state index < -0.39 is 11.8 Å². The van der Waals surface area contributed by atoms with Gasteiger partial charge in [-0.3, -0.25) is 0 Å². The molecule has 6 heteroatoms. The van der Waals surface area contributed by atoms with E-state index in [1.165, 1.54) is 19.2 Å². The van der Waals surface area contributed by atoms with Crippen molar-refractivity contribution in [2.75, 3.05) is 7.11 Å². The van der Waals surface area contributed by atoms with Crippen LogP contribution in [0.4, 0.5) is 4.39 Å². The van der Waals surface area contributed by atoms with Crippen LogP contribution in [-0.4, -0.2) is 23.2 Å². The highest BCUT2D eigenvalue weighted by molar-refractivity contribution is 7.17. The first-order chi connectivity index (χ1) is 9.06. The van der Waals surface area contributed by atoms with Gasteiger partial charge >= 0.3 is 5.97 Å². The molecule has 4 nitrogen and oxygen atoms in total. The minimum atomic E-state index is -1.01. The smallest absolute Gasteiger partial charge is 0.347 e. The zero-order chi connectivity index (χ0) is 14.0. The Morgan fingerprint density at radius 2 is 2.26 bits per heavy atom. The lowest BCUT2D eigenvalue weighted by Gasteiger charge is -2.02. The van der Waals surface area contributed by atoms with E-state index in [2.05, 4.69) is 4.98 Å². The van der Waals surface area contributed by atoms with E-state index in [9.17, 15) is 9.18 Å². The third kappa shape index (κ3) is 2.58. The molecule has 0 saturated heterocycles. The van der Waals surface area contributed by atoms with Crippen LogP contribution in [0.25, 0.3) is 10.6 Å². The fourth-order valence-electron chi connectivity index (χ4n) is 1.68. The Balaban J connectivity index is 2.47. The van der Waals surface area contributed by atoms with Crippen LogP contribution in [0.5, 0.6) is 5.75 Å². The second kappa shape index (κ2) is 5.36. The molecule has 0 fully saturated rings. The van der Waals surface area contributed by atoms with Gasteiger partial charge in [0.05, 0.1) is 12.8 Å². The molecule has 1 aromatic heterocycles. The molecule has 0 aliphatic carbocycles. The summed E-state index contributed by atoms with van der Waals surface area (Å²) in [4.78, 5) is 15.5. The molecule has 0 radical (unpaired) electrons. The summed E-state index contributed by atoms with van der Waals surface area (Å²) in [7, 11) is 1.39. The number of rotatable bonds is 4. The van der Waals surface area contributed by atoms with Gasteiger partial charge < -0.3 is 9.84 Å². The van der Waals surface area contributed by atoms with E-state index in [4.69, 9.17) is 9.84 Å². The summed E-state index contributed by atoms with van der Waals surface area (Å²) < 4.78 is 18.5. The van der Waals surface area contributed by atoms with Gasteiger partial charge in [0, 0.05) is 5.56 Å². The third-order valence-electron chi connectivity index (χ3n) is 2.63. The Morgan fingerprint density at radius 3 is 2.74 bits per heavy atom. The Kier molecular flexibility index (Phi) is 3.80. The van der Waals surface area contributed by atoms with Crippen molar-refractivity contribution in [3.8, 4) is 16.3 Å². The number of hydrogen-bond acceptors (Lipinski definition) is 4. The number of benzene rings is 1. The first-order valence-electron chi connectivity index (χ1n) is 5.63. The lowest BCUT2D eigenvalue weighted by atomic mass is 10.2. The number of methoxy groups -OCH3 is 1. The molecule has 1 heterocycles. The topological polar surface area (TPSA) is 59.4 Å². The summed E-state index contributed by atoms with van der Waals surface area (Å²) in [6, 6.07) is 4.45. The molecule has 0 amide bonds. The molecule has 1 N–H and O–H groups in total. The predicted molar refractivity (Wildman–Crippen MR) is 70.4 cm³/mol. The van der Waals surface area contributed by atoms with Crippen LogP contribution < -0.4 is 4.74 Å². The average Bonchev–Trinajstić information content (AvgIpc) is 2.83. The van der Waals surface area contributed by atoms with E-state index in [0.29, 0.717) is 22.7 Å². The van der Waals surface area contributed by atoms with Crippen LogP contribution in [0.15, 0.2) is 18.2 Å². The summed E-state index contributed by atoms with van der Waals surface area (Å²) >= 11 is 1.05. The molecule has 0 aliphatic heterocycles. The van der Waals surface area contributed by atoms with Gasteiger partial charge in [-0.1, -0.05) is 6.92 Å². The van der Waals surface area contributed by atoms with Gasteiger partial charge in [0.25, 0.3) is 0 Å². The number of nitrogens with zero attached hydrogens (tertiary/aromatic N) is 1. The standard InChI is InChI=1S/C13H12FNO3S/c1-3-9-11(13(16)17)19-12(15-9)7-4-5-10(18-2)8(14)6-7/h4-6H,3H2,1-2H3,(H,16,17). The van der Waals surface area contributed by atoms with Crippen LogP contribution in [0.2, 0.25) is 0 Å². The molecule has 0 unspecified atom stereocenters. The van der Waals surface area contributed by atoms with Gasteiger partial charge in [0.15, 0.2) is 11.6 Å². The molecular formula is C13H12FNO3S. The van der Waals surface area contributed by atoms with E-state index in [1.54, 1.807) is 6.07 Å². The fourth-order valence-corrected chi connectivity index (χ4v) is 2.67. The van der Waals surface area contributed by atoms with Crippen LogP contribution in [0.1, 0.15) is 22.3 Å². The van der Waals surface area contributed by atoms with E-state index in [0.717, 1.165) is 11.3 Å². The number of thiazole rings is 1. The highest BCUT2D eigenvalue weighted by atomic mass is 32.1. The summed E-state index contributed by atoms with van der Waals surface area (Å²) in [5, 5.41) is 9.57. The van der Waals surface area contributed by atoms with Crippen molar-refractivity contribution in [1.29, 1.82) is 0 Å². The summed E-state index contributed by atoms with van der Waals surface area (Å²) in [5.74, 6) is -1.35. The first-order valence-corrected chi connectivity index (χ1v) is 6.45. The number of hydrogen-bond donors (Lipinski definition) is 1. The maximum Gasteiger partial charge on any atom is 0.347 e. The molecule has 2 rings (SSSR count). The molecule has 100 valence electrons. The second-order valence-electron chi connectivity index (χ2n) is 3.80. The third-order valence-corrected chi connectivity index (χ3v) is 3.76. The minimum absolute atomic E-state index is 0.148. The lowest BCUT2D eigenvalue weighted by Crippen LogP contribution is -1.97. The van der Waals surface area contributed by atoms with Gasteiger partial charge in [-0.15, -0.1) is 11.3 Å². The number of carboxylic acid groups (broad SMARTS) is 1. The molecule has 0 atom stereocenters. The SMILES string of the molecule is CCc1nc(-c2ccc(OC)c(F)c2)sc1C(=O)O. The number of ether oxygens (including phenoxy) is 1. The van der Waals surface area contributed by atoms with Gasteiger partial charge in [0.1, 0.15) is 9.88 Å². The van der Waals surface area contributed by atoms with Crippen molar-refractivity contribution in [1.82, 2.24) is 4.98 Å². The number of carboxylic acids is 1. The van der Waals surface area contributed by atoms with Crippen LogP contribution in [-0.2, 0) is 6.42 Å². The molecule has 0 aliphatic rings. The number of halogens is 1. The molecule has 19 heavy (non-hydrogen) atoms. The maximum atomic E-state index is 13.6. The number of aromatic carboxylic acids is 1. The highest BCUT2D eigenvalue weighted by Gasteiger charge is 2.17. The lowest BCUT2D eigenvalue weighted by molar-refractivity contribution is 0.0701. The Morgan fingerprint density at radius 1 is 1.53 bits per heavy atom. The largest absolute Gasteiger partial charge is 0.494 e. The van der Waals surface area contributed by atoms with Gasteiger partial charge in [-0.25, -0.2) is 14.2 Å². The van der Waals surface area contributed by atoms with Crippen molar-refractivity contribution >= 4 is 17.3 Å². The second-order valence-corrected chi connectivity index (χ2v) is 4.80. The maximum absolute atomic E-state index is 13.6. The van der Waals surface area contributed by atoms with Crippen molar-refractivity contribution in [2.24, 2.45) is 0 Å². The molecule has 0 spiro atoms. The van der Waals surface area contributed by atoms with Crippen LogP contribution in [0, 0.1) is 5.82 Å². The molecular weight excluding hydrogens is 269 g/mol. The Hall–Kier alpha value is -1.95. The Labute approximate surface area is 113 Å². The molecule has 1 aromatic carbocycles. The predicted octanol–water partition coefficient (Wildman–Crippen LogP) is 3.22. The van der Waals surface area contributed by atoms with E-state index >= 15 is 0 Å². The summed E-state index contributed by atoms with van der Waals surface area (Å²) in [5.41, 5.74) is 1.06. The summed E-state index contributed by atoms with van der Waals surface area (Å²) in [6.07, 6.45) is 0.525. The van der Waals surface area contributed by atoms with Crippen molar-refractivity contribution in [2.45, 2.75) is 13.3 Å². The molecule has 0 saturated carbocycles. The first kappa shape index (κ1) is 13.5. The number of aryl methyl sites for hydroxylation is 1. The van der Waals surface area contributed by atoms with E-state index in [-0.39, 0.29) is 10.6 Å². The van der Waals surface area contributed by atoms with Crippen molar-refractivity contribution in [3.63, 3.8) is 0 Å². The minimum Gasteiger partial charge on any atom is -0.494 e. The van der Waals surface area contributed by atoms with Crippen LogP contribution in [0.3, 0.4) is 0 Å². The van der Waals surface area contributed by atoms with E-state index in [1.807, 2.05) is 6.92 Å². The van der Waals surface area contributed by atoms with Crippen molar-refractivity contribution in [3.05, 3.63) is 34.6 Å². The van der Waals surface area contributed by atoms with Gasteiger partial charge in [0.2, 0.25) is 0 Å². The zero-order valence-corrected chi connectivity index (χ0v) is 11.3. The fraction of sp³-hybridized carbons (Fsp3) is 0.231. The summed E-state index contributed by atoms with van der Waals surface area (Å²) in [6.45, 7) is 1.83. The average molecular weight is 281 g/mol. The monoisotopic (exact) mass is 281 g/mol. The molecule has 0 bridgehead atoms. The zero-order valence-electron chi connectivity index (χ0n) is 10.4. The molecule has 2 aromatic rings. The Bertz CT molecular complexity index is 624.